The Morgan fingerprint density at radius 2 is 2.19 bits per heavy atom. The summed E-state index contributed by atoms with van der Waals surface area (Å²) in [5.41, 5.74) is 2.14. The van der Waals surface area contributed by atoms with E-state index in [2.05, 4.69) is 24.2 Å². The van der Waals surface area contributed by atoms with Gasteiger partial charge in [-0.25, -0.2) is 0 Å². The molecule has 0 fully saturated rings. The van der Waals surface area contributed by atoms with Crippen LogP contribution in [0.2, 0.25) is 5.02 Å². The van der Waals surface area contributed by atoms with Gasteiger partial charge in [-0.1, -0.05) is 35.5 Å². The molecule has 1 N–H and O–H groups in total. The zero-order valence-corrected chi connectivity index (χ0v) is 11.2. The van der Waals surface area contributed by atoms with Crippen molar-refractivity contribution in [2.45, 2.75) is 26.3 Å². The number of para-hydroxylation sites is 1. The molecule has 0 spiro atoms. The number of benzene rings is 1. The van der Waals surface area contributed by atoms with E-state index in [4.69, 9.17) is 11.6 Å². The van der Waals surface area contributed by atoms with Crippen LogP contribution < -0.4 is 5.32 Å². The van der Waals surface area contributed by atoms with Gasteiger partial charge in [-0.2, -0.15) is 0 Å². The third kappa shape index (κ3) is 2.53. The standard InChI is InChI=1S/C12H15ClN2S/c1-8-5-4-6-9(13)10(8)14-11-15-12(2,3)7-16-11/h4-6H,7H2,1-3H3,(H,14,15). The van der Waals surface area contributed by atoms with Crippen molar-refractivity contribution in [1.29, 1.82) is 0 Å². The summed E-state index contributed by atoms with van der Waals surface area (Å²) < 4.78 is 0. The lowest BCUT2D eigenvalue weighted by atomic mass is 10.1. The van der Waals surface area contributed by atoms with E-state index < -0.39 is 0 Å². The zero-order chi connectivity index (χ0) is 11.8. The summed E-state index contributed by atoms with van der Waals surface area (Å²) in [6.45, 7) is 6.31. The predicted molar refractivity (Wildman–Crippen MR) is 73.8 cm³/mol. The first-order valence-electron chi connectivity index (χ1n) is 5.23. The van der Waals surface area contributed by atoms with Crippen LogP contribution in [0.3, 0.4) is 0 Å². The molecule has 1 aliphatic heterocycles. The molecular formula is C12H15ClN2S. The molecular weight excluding hydrogens is 240 g/mol. The van der Waals surface area contributed by atoms with Crippen LogP contribution in [0, 0.1) is 6.92 Å². The monoisotopic (exact) mass is 254 g/mol. The predicted octanol–water partition coefficient (Wildman–Crippen LogP) is 3.94. The Bertz CT molecular complexity index is 420. The first-order chi connectivity index (χ1) is 7.48. The second-order valence-corrected chi connectivity index (χ2v) is 5.95. The van der Waals surface area contributed by atoms with Crippen molar-refractivity contribution in [3.05, 3.63) is 28.8 Å². The third-order valence-electron chi connectivity index (χ3n) is 2.42. The van der Waals surface area contributed by atoms with Gasteiger partial charge in [-0.05, 0) is 32.4 Å². The SMILES string of the molecule is Cc1cccc(Cl)c1NC1=NC(C)(C)CS1. The molecule has 0 saturated carbocycles. The highest BCUT2D eigenvalue weighted by atomic mass is 35.5. The van der Waals surface area contributed by atoms with Crippen molar-refractivity contribution in [3.8, 4) is 0 Å². The molecule has 86 valence electrons. The van der Waals surface area contributed by atoms with E-state index in [9.17, 15) is 0 Å². The Hall–Kier alpha value is -0.670. The first kappa shape index (κ1) is 11.8. The van der Waals surface area contributed by atoms with Crippen molar-refractivity contribution in [2.75, 3.05) is 11.1 Å². The van der Waals surface area contributed by atoms with Crippen LogP contribution in [0.1, 0.15) is 19.4 Å². The Kier molecular flexibility index (Phi) is 3.17. The number of halogens is 1. The van der Waals surface area contributed by atoms with Gasteiger partial charge in [0.05, 0.1) is 16.2 Å². The molecule has 0 amide bonds. The average molecular weight is 255 g/mol. The van der Waals surface area contributed by atoms with Gasteiger partial charge >= 0.3 is 0 Å². The molecule has 1 aliphatic rings. The van der Waals surface area contributed by atoms with Gasteiger partial charge in [-0.15, -0.1) is 0 Å². The van der Waals surface area contributed by atoms with E-state index in [1.54, 1.807) is 11.8 Å². The van der Waals surface area contributed by atoms with E-state index in [1.165, 1.54) is 0 Å². The van der Waals surface area contributed by atoms with Gasteiger partial charge in [0.1, 0.15) is 0 Å². The molecule has 0 aromatic heterocycles. The van der Waals surface area contributed by atoms with Crippen LogP contribution in [0.5, 0.6) is 0 Å². The molecule has 2 rings (SSSR count). The molecule has 1 heterocycles. The van der Waals surface area contributed by atoms with Gasteiger partial charge in [0, 0.05) is 5.75 Å². The lowest BCUT2D eigenvalue weighted by Crippen LogP contribution is -2.15. The Balaban J connectivity index is 2.23. The van der Waals surface area contributed by atoms with Crippen molar-refractivity contribution in [1.82, 2.24) is 0 Å². The van der Waals surface area contributed by atoms with Gasteiger partial charge in [0.2, 0.25) is 0 Å². The number of nitrogens with zero attached hydrogens (tertiary/aromatic N) is 1. The number of anilines is 1. The fourth-order valence-corrected chi connectivity index (χ4v) is 2.86. The minimum absolute atomic E-state index is 0.0299. The minimum atomic E-state index is 0.0299. The maximum absolute atomic E-state index is 6.15. The van der Waals surface area contributed by atoms with E-state index in [0.29, 0.717) is 0 Å². The highest BCUT2D eigenvalue weighted by Gasteiger charge is 2.25. The topological polar surface area (TPSA) is 24.4 Å². The van der Waals surface area contributed by atoms with Crippen LogP contribution in [0.15, 0.2) is 23.2 Å². The maximum Gasteiger partial charge on any atom is 0.161 e. The van der Waals surface area contributed by atoms with Crippen LogP contribution in [-0.4, -0.2) is 16.5 Å². The second kappa shape index (κ2) is 4.30. The molecule has 16 heavy (non-hydrogen) atoms. The smallest absolute Gasteiger partial charge is 0.161 e. The van der Waals surface area contributed by atoms with Crippen molar-refractivity contribution < 1.29 is 0 Å². The van der Waals surface area contributed by atoms with Crippen molar-refractivity contribution in [2.24, 2.45) is 4.99 Å². The van der Waals surface area contributed by atoms with Crippen LogP contribution in [0.4, 0.5) is 5.69 Å². The number of rotatable bonds is 1. The molecule has 0 unspecified atom stereocenters. The van der Waals surface area contributed by atoms with Crippen molar-refractivity contribution >= 4 is 34.2 Å². The number of amidine groups is 1. The molecule has 4 heteroatoms. The number of aryl methyl sites for hydroxylation is 1. The van der Waals surface area contributed by atoms with Crippen molar-refractivity contribution in [3.63, 3.8) is 0 Å². The van der Waals surface area contributed by atoms with Gasteiger partial charge in [0.25, 0.3) is 0 Å². The summed E-state index contributed by atoms with van der Waals surface area (Å²) in [5.74, 6) is 1.01. The van der Waals surface area contributed by atoms with E-state index in [0.717, 1.165) is 27.2 Å². The number of aliphatic imine (C=N–C) groups is 1. The highest BCUT2D eigenvalue weighted by molar-refractivity contribution is 8.14. The molecule has 0 atom stereocenters. The molecule has 0 aliphatic carbocycles. The number of thioether (sulfide) groups is 1. The fraction of sp³-hybridized carbons (Fsp3) is 0.417. The Morgan fingerprint density at radius 1 is 1.44 bits per heavy atom. The summed E-state index contributed by atoms with van der Waals surface area (Å²) in [7, 11) is 0. The van der Waals surface area contributed by atoms with E-state index >= 15 is 0 Å². The first-order valence-corrected chi connectivity index (χ1v) is 6.59. The maximum atomic E-state index is 6.15. The molecule has 1 aromatic rings. The summed E-state index contributed by atoms with van der Waals surface area (Å²) in [4.78, 5) is 4.61. The van der Waals surface area contributed by atoms with Gasteiger partial charge < -0.3 is 5.32 Å². The largest absolute Gasteiger partial charge is 0.334 e. The van der Waals surface area contributed by atoms with E-state index in [1.807, 2.05) is 25.1 Å². The summed E-state index contributed by atoms with van der Waals surface area (Å²) >= 11 is 7.89. The summed E-state index contributed by atoms with van der Waals surface area (Å²) in [6.07, 6.45) is 0. The zero-order valence-electron chi connectivity index (χ0n) is 9.67. The minimum Gasteiger partial charge on any atom is -0.334 e. The lowest BCUT2D eigenvalue weighted by molar-refractivity contribution is 0.605. The third-order valence-corrected chi connectivity index (χ3v) is 4.05. The molecule has 2 nitrogen and oxygen atoms in total. The highest BCUT2D eigenvalue weighted by Crippen LogP contribution is 2.31. The molecule has 0 radical (unpaired) electrons. The number of hydrogen-bond acceptors (Lipinski definition) is 3. The molecule has 1 aromatic carbocycles. The summed E-state index contributed by atoms with van der Waals surface area (Å²) in [6, 6.07) is 5.89. The number of hydrogen-bond donors (Lipinski definition) is 1. The summed E-state index contributed by atoms with van der Waals surface area (Å²) in [5, 5.41) is 5.02. The quantitative estimate of drug-likeness (QED) is 0.821. The Morgan fingerprint density at radius 3 is 2.75 bits per heavy atom. The molecule has 0 saturated heterocycles. The molecule has 0 bridgehead atoms. The fourth-order valence-electron chi connectivity index (χ4n) is 1.55. The lowest BCUT2D eigenvalue weighted by Gasteiger charge is -2.11. The van der Waals surface area contributed by atoms with E-state index in [-0.39, 0.29) is 5.54 Å². The number of nitrogens with one attached hydrogen (secondary N) is 1. The Labute approximate surface area is 105 Å². The second-order valence-electron chi connectivity index (χ2n) is 4.57. The van der Waals surface area contributed by atoms with Crippen LogP contribution >= 0.6 is 23.4 Å². The van der Waals surface area contributed by atoms with Gasteiger partial charge in [-0.3, -0.25) is 4.99 Å². The average Bonchev–Trinajstić information content (AvgIpc) is 2.52. The normalized spacial score (nSPS) is 18.4. The van der Waals surface area contributed by atoms with Crippen LogP contribution in [0.25, 0.3) is 0 Å². The van der Waals surface area contributed by atoms with Crippen LogP contribution in [-0.2, 0) is 0 Å². The van der Waals surface area contributed by atoms with Gasteiger partial charge in [0.15, 0.2) is 5.17 Å².